The predicted molar refractivity (Wildman–Crippen MR) is 163 cm³/mol. The highest BCUT2D eigenvalue weighted by Crippen LogP contribution is 2.59. The van der Waals surface area contributed by atoms with Crippen molar-refractivity contribution >= 4 is 32.7 Å². The lowest BCUT2D eigenvalue weighted by atomic mass is 9.67. The maximum Gasteiger partial charge on any atom is 0.0849 e. The summed E-state index contributed by atoms with van der Waals surface area (Å²) < 4.78 is 0. The monoisotopic (exact) mass is 497 g/mol. The molecule has 8 rings (SSSR count). The first-order valence-electron chi connectivity index (χ1n) is 13.8. The third-order valence-corrected chi connectivity index (χ3v) is 8.64. The Labute approximate surface area is 228 Å². The Bertz CT molecular complexity index is 1900. The van der Waals surface area contributed by atoms with Crippen LogP contribution in [0.15, 0.2) is 145 Å². The minimum atomic E-state index is -0.402. The second kappa shape index (κ2) is 8.64. The molecule has 2 aliphatic carbocycles. The number of hydrogen-bond acceptors (Lipinski definition) is 1. The van der Waals surface area contributed by atoms with E-state index in [1.54, 1.807) is 0 Å². The van der Waals surface area contributed by atoms with E-state index in [1.807, 2.05) is 12.3 Å². The standard InChI is InChI=1S/C38H27N/c1-2-13-31(14-3-1)38(36-19-8-9-22-39-36)34-17-7-6-15-33(34)37-32(16-10-18-35(37)38)29-21-20-28-23-26-11-4-5-12-27(26)24-30(28)25-29/h1-9,11-17,19-25H,10,18H2. The smallest absolute Gasteiger partial charge is 0.0849 e. The van der Waals surface area contributed by atoms with Crippen molar-refractivity contribution in [3.8, 4) is 0 Å². The van der Waals surface area contributed by atoms with E-state index in [0.717, 1.165) is 18.5 Å². The van der Waals surface area contributed by atoms with Crippen LogP contribution >= 0.6 is 0 Å². The molecule has 1 unspecified atom stereocenters. The van der Waals surface area contributed by atoms with Crippen molar-refractivity contribution in [2.45, 2.75) is 18.3 Å². The summed E-state index contributed by atoms with van der Waals surface area (Å²) in [4.78, 5) is 5.01. The lowest BCUT2D eigenvalue weighted by molar-refractivity contribution is 0.674. The molecule has 39 heavy (non-hydrogen) atoms. The maximum absolute atomic E-state index is 5.01. The Balaban J connectivity index is 1.40. The quantitative estimate of drug-likeness (QED) is 0.222. The Morgan fingerprint density at radius 1 is 0.590 bits per heavy atom. The second-order valence-electron chi connectivity index (χ2n) is 10.6. The van der Waals surface area contributed by atoms with Crippen molar-refractivity contribution in [2.24, 2.45) is 0 Å². The van der Waals surface area contributed by atoms with Crippen molar-refractivity contribution < 1.29 is 0 Å². The van der Waals surface area contributed by atoms with Crippen LogP contribution in [0.3, 0.4) is 0 Å². The molecule has 1 heteroatoms. The van der Waals surface area contributed by atoms with Gasteiger partial charge in [0.05, 0.1) is 11.1 Å². The van der Waals surface area contributed by atoms with E-state index in [4.69, 9.17) is 4.98 Å². The summed E-state index contributed by atoms with van der Waals surface area (Å²) in [5.41, 5.74) is 10.1. The van der Waals surface area contributed by atoms with Gasteiger partial charge in [-0.05, 0) is 104 Å². The predicted octanol–water partition coefficient (Wildman–Crippen LogP) is 9.37. The molecule has 0 aliphatic heterocycles. The largest absolute Gasteiger partial charge is 0.260 e. The summed E-state index contributed by atoms with van der Waals surface area (Å²) in [5.74, 6) is 0. The Morgan fingerprint density at radius 3 is 2.13 bits per heavy atom. The average Bonchev–Trinajstić information content (AvgIpc) is 3.32. The highest BCUT2D eigenvalue weighted by molar-refractivity contribution is 6.12. The summed E-state index contributed by atoms with van der Waals surface area (Å²) in [7, 11) is 0. The van der Waals surface area contributed by atoms with Gasteiger partial charge in [0.25, 0.3) is 0 Å². The molecule has 1 nitrogen and oxygen atoms in total. The van der Waals surface area contributed by atoms with Crippen molar-refractivity contribution in [3.63, 3.8) is 0 Å². The Morgan fingerprint density at radius 2 is 1.31 bits per heavy atom. The number of hydrogen-bond donors (Lipinski definition) is 0. The fourth-order valence-electron chi connectivity index (χ4n) is 7.04. The molecule has 0 radical (unpaired) electrons. The molecule has 0 saturated heterocycles. The summed E-state index contributed by atoms with van der Waals surface area (Å²) in [6.45, 7) is 0. The lowest BCUT2D eigenvalue weighted by Gasteiger charge is -2.35. The zero-order chi connectivity index (χ0) is 25.8. The van der Waals surface area contributed by atoms with Crippen LogP contribution in [0.5, 0.6) is 0 Å². The summed E-state index contributed by atoms with van der Waals surface area (Å²) in [6.07, 6.45) is 6.42. The molecule has 0 bridgehead atoms. The van der Waals surface area contributed by atoms with Crippen LogP contribution in [0.2, 0.25) is 0 Å². The van der Waals surface area contributed by atoms with Crippen molar-refractivity contribution in [2.75, 3.05) is 0 Å². The number of rotatable bonds is 3. The van der Waals surface area contributed by atoms with Gasteiger partial charge in [0.15, 0.2) is 0 Å². The molecule has 5 aromatic carbocycles. The number of benzene rings is 5. The topological polar surface area (TPSA) is 12.9 Å². The molecule has 0 N–H and O–H groups in total. The fraction of sp³-hybridized carbons (Fsp3) is 0.0789. The third kappa shape index (κ3) is 3.23. The first-order chi connectivity index (χ1) is 19.3. The van der Waals surface area contributed by atoms with Crippen LogP contribution in [0.1, 0.15) is 40.8 Å². The second-order valence-corrected chi connectivity index (χ2v) is 10.6. The molecule has 1 heterocycles. The number of pyridine rings is 1. The van der Waals surface area contributed by atoms with Gasteiger partial charge < -0.3 is 0 Å². The van der Waals surface area contributed by atoms with Gasteiger partial charge in [-0.15, -0.1) is 0 Å². The van der Waals surface area contributed by atoms with Gasteiger partial charge in [0.1, 0.15) is 0 Å². The molecule has 0 amide bonds. The lowest BCUT2D eigenvalue weighted by Crippen LogP contribution is -2.31. The highest BCUT2D eigenvalue weighted by Gasteiger charge is 2.49. The zero-order valence-corrected chi connectivity index (χ0v) is 21.6. The molecule has 1 atom stereocenters. The molecule has 0 fully saturated rings. The van der Waals surface area contributed by atoms with E-state index in [1.165, 1.54) is 60.5 Å². The minimum absolute atomic E-state index is 0.402. The van der Waals surface area contributed by atoms with Crippen LogP contribution in [0, 0.1) is 0 Å². The number of allylic oxidation sites excluding steroid dienone is 4. The SMILES string of the molecule is C1=C(c2ccc3cc4ccccc4cc3c2)C2=C(CC1)C(c1ccccc1)(c1ccccn1)c1ccccc12. The first-order valence-corrected chi connectivity index (χ1v) is 13.8. The summed E-state index contributed by atoms with van der Waals surface area (Å²) in [6, 6.07) is 46.6. The van der Waals surface area contributed by atoms with E-state index in [-0.39, 0.29) is 0 Å². The summed E-state index contributed by atoms with van der Waals surface area (Å²) >= 11 is 0. The number of nitrogens with zero attached hydrogens (tertiary/aromatic N) is 1. The molecule has 1 aromatic heterocycles. The zero-order valence-electron chi connectivity index (χ0n) is 21.6. The van der Waals surface area contributed by atoms with E-state index in [9.17, 15) is 0 Å². The van der Waals surface area contributed by atoms with Crippen molar-refractivity contribution in [1.29, 1.82) is 0 Å². The molecular formula is C38H27N. The molecule has 6 aromatic rings. The Hall–Kier alpha value is -4.75. The normalized spacial score (nSPS) is 18.2. The fourth-order valence-corrected chi connectivity index (χ4v) is 7.04. The third-order valence-electron chi connectivity index (χ3n) is 8.64. The average molecular weight is 498 g/mol. The van der Waals surface area contributed by atoms with Crippen LogP contribution in [-0.4, -0.2) is 4.98 Å². The van der Waals surface area contributed by atoms with E-state index in [2.05, 4.69) is 127 Å². The first kappa shape index (κ1) is 22.3. The number of fused-ring (bicyclic) bond motifs is 4. The van der Waals surface area contributed by atoms with E-state index >= 15 is 0 Å². The molecule has 2 aliphatic rings. The van der Waals surface area contributed by atoms with Gasteiger partial charge in [0, 0.05) is 6.20 Å². The maximum atomic E-state index is 5.01. The van der Waals surface area contributed by atoms with Crippen LogP contribution in [0.4, 0.5) is 0 Å². The van der Waals surface area contributed by atoms with Gasteiger partial charge in [0.2, 0.25) is 0 Å². The molecule has 0 spiro atoms. The summed E-state index contributed by atoms with van der Waals surface area (Å²) in [5, 5.41) is 5.13. The van der Waals surface area contributed by atoms with Gasteiger partial charge >= 0.3 is 0 Å². The van der Waals surface area contributed by atoms with Gasteiger partial charge in [-0.25, -0.2) is 0 Å². The van der Waals surface area contributed by atoms with Crippen LogP contribution in [0.25, 0.3) is 32.7 Å². The van der Waals surface area contributed by atoms with Crippen LogP contribution < -0.4 is 0 Å². The molecule has 0 saturated carbocycles. The number of aromatic nitrogens is 1. The van der Waals surface area contributed by atoms with E-state index < -0.39 is 5.41 Å². The molecular weight excluding hydrogens is 470 g/mol. The van der Waals surface area contributed by atoms with Crippen molar-refractivity contribution in [1.82, 2.24) is 4.98 Å². The van der Waals surface area contributed by atoms with Gasteiger partial charge in [-0.2, -0.15) is 0 Å². The van der Waals surface area contributed by atoms with E-state index in [0.29, 0.717) is 0 Å². The Kier molecular flexibility index (Phi) is 4.93. The molecule has 184 valence electrons. The van der Waals surface area contributed by atoms with Gasteiger partial charge in [-0.3, -0.25) is 4.98 Å². The van der Waals surface area contributed by atoms with Crippen LogP contribution in [-0.2, 0) is 5.41 Å². The van der Waals surface area contributed by atoms with Gasteiger partial charge in [-0.1, -0.05) is 103 Å². The van der Waals surface area contributed by atoms with Crippen molar-refractivity contribution in [3.05, 3.63) is 173 Å². The minimum Gasteiger partial charge on any atom is -0.260 e. The highest BCUT2D eigenvalue weighted by atomic mass is 14.7.